The van der Waals surface area contributed by atoms with Crippen molar-refractivity contribution in [1.29, 1.82) is 0 Å². The zero-order chi connectivity index (χ0) is 31.9. The average Bonchev–Trinajstić information content (AvgIpc) is 3.00. The first-order valence-corrected chi connectivity index (χ1v) is 16.8. The second-order valence-corrected chi connectivity index (χ2v) is 14.2. The van der Waals surface area contributed by atoms with E-state index in [1.54, 1.807) is 11.0 Å². The molecule has 1 aliphatic carbocycles. The highest BCUT2D eigenvalue weighted by Gasteiger charge is 2.36. The molecule has 2 amide bonds. The molecule has 1 N–H and O–H groups in total. The maximum atomic E-state index is 14.6. The maximum Gasteiger partial charge on any atom is 0.304 e. The molecule has 9 heteroatoms. The highest BCUT2D eigenvalue weighted by Crippen LogP contribution is 2.27. The number of benzene rings is 3. The van der Waals surface area contributed by atoms with Gasteiger partial charge >= 0.3 is 10.2 Å². The largest absolute Gasteiger partial charge is 0.352 e. The molecular formula is C35H46N4O4S. The van der Waals surface area contributed by atoms with Crippen molar-refractivity contribution in [2.45, 2.75) is 77.9 Å². The first kappa shape index (κ1) is 33.2. The lowest BCUT2D eigenvalue weighted by molar-refractivity contribution is -0.140. The molecule has 8 nitrogen and oxygen atoms in total. The van der Waals surface area contributed by atoms with Gasteiger partial charge in [-0.3, -0.25) is 9.59 Å². The average molecular weight is 619 g/mol. The third kappa shape index (κ3) is 8.27. The number of hydrogen-bond donors (Lipinski definition) is 1. The van der Waals surface area contributed by atoms with Gasteiger partial charge in [-0.1, -0.05) is 86.0 Å². The minimum atomic E-state index is -4.05. The second-order valence-electron chi connectivity index (χ2n) is 12.1. The van der Waals surface area contributed by atoms with Crippen molar-refractivity contribution in [1.82, 2.24) is 14.5 Å². The summed E-state index contributed by atoms with van der Waals surface area (Å²) < 4.78 is 29.7. The quantitative estimate of drug-likeness (QED) is 0.298. The van der Waals surface area contributed by atoms with Gasteiger partial charge in [0.2, 0.25) is 11.8 Å². The molecule has 3 aromatic carbocycles. The number of anilines is 1. The van der Waals surface area contributed by atoms with E-state index >= 15 is 0 Å². The lowest BCUT2D eigenvalue weighted by Gasteiger charge is -2.36. The van der Waals surface area contributed by atoms with E-state index in [4.69, 9.17) is 0 Å². The molecule has 1 atom stereocenters. The van der Waals surface area contributed by atoms with E-state index < -0.39 is 28.7 Å². The lowest BCUT2D eigenvalue weighted by atomic mass is 9.94. The summed E-state index contributed by atoms with van der Waals surface area (Å²) in [7, 11) is -1.14. The molecular weight excluding hydrogens is 572 g/mol. The Hall–Kier alpha value is -3.69. The van der Waals surface area contributed by atoms with Crippen LogP contribution >= 0.6 is 0 Å². The van der Waals surface area contributed by atoms with E-state index in [0.717, 1.165) is 64.2 Å². The van der Waals surface area contributed by atoms with Crippen molar-refractivity contribution in [2.75, 3.05) is 24.9 Å². The van der Waals surface area contributed by atoms with Gasteiger partial charge in [-0.2, -0.15) is 12.7 Å². The maximum absolute atomic E-state index is 14.6. The molecule has 0 unspecified atom stereocenters. The minimum Gasteiger partial charge on any atom is -0.352 e. The molecule has 0 spiro atoms. The van der Waals surface area contributed by atoms with Crippen LogP contribution in [0.2, 0.25) is 0 Å². The van der Waals surface area contributed by atoms with E-state index in [9.17, 15) is 18.0 Å². The summed E-state index contributed by atoms with van der Waals surface area (Å²) in [5.74, 6) is -0.657. The van der Waals surface area contributed by atoms with Crippen LogP contribution in [0.3, 0.4) is 0 Å². The molecule has 236 valence electrons. The summed E-state index contributed by atoms with van der Waals surface area (Å²) in [6.07, 6.45) is 5.42. The number of amides is 2. The van der Waals surface area contributed by atoms with Crippen LogP contribution in [0, 0.1) is 20.8 Å². The van der Waals surface area contributed by atoms with Crippen molar-refractivity contribution in [3.05, 3.63) is 101 Å². The van der Waals surface area contributed by atoms with Crippen LogP contribution in [0.4, 0.5) is 5.69 Å². The van der Waals surface area contributed by atoms with E-state index in [0.29, 0.717) is 12.1 Å². The van der Waals surface area contributed by atoms with Gasteiger partial charge in [0.25, 0.3) is 0 Å². The predicted molar refractivity (Wildman–Crippen MR) is 177 cm³/mol. The van der Waals surface area contributed by atoms with Gasteiger partial charge < -0.3 is 10.2 Å². The molecule has 0 radical (unpaired) electrons. The van der Waals surface area contributed by atoms with Crippen LogP contribution in [-0.4, -0.2) is 62.2 Å². The molecule has 0 saturated heterocycles. The molecule has 0 heterocycles. The number of nitrogens with one attached hydrogen (secondary N) is 1. The molecule has 1 saturated carbocycles. The third-order valence-corrected chi connectivity index (χ3v) is 10.3. The number of rotatable bonds is 12. The second kappa shape index (κ2) is 14.9. The smallest absolute Gasteiger partial charge is 0.304 e. The summed E-state index contributed by atoms with van der Waals surface area (Å²) in [5.41, 5.74) is 4.86. The Morgan fingerprint density at radius 1 is 0.864 bits per heavy atom. The molecule has 0 bridgehead atoms. The Bertz CT molecular complexity index is 1540. The molecule has 1 aliphatic rings. The number of carbonyl (C=O) groups excluding carboxylic acids is 2. The Kier molecular flexibility index (Phi) is 11.2. The Morgan fingerprint density at radius 3 is 2.18 bits per heavy atom. The third-order valence-electron chi connectivity index (χ3n) is 8.48. The predicted octanol–water partition coefficient (Wildman–Crippen LogP) is 5.31. The number of nitrogens with zero attached hydrogens (tertiary/aromatic N) is 3. The monoisotopic (exact) mass is 618 g/mol. The molecule has 0 aromatic heterocycles. The van der Waals surface area contributed by atoms with Gasteiger partial charge in [0.15, 0.2) is 0 Å². The van der Waals surface area contributed by atoms with Gasteiger partial charge in [-0.05, 0) is 67.5 Å². The molecule has 1 fully saturated rings. The Morgan fingerprint density at radius 2 is 1.52 bits per heavy atom. The normalized spacial score (nSPS) is 14.7. The van der Waals surface area contributed by atoms with Gasteiger partial charge in [-0.15, -0.1) is 0 Å². The van der Waals surface area contributed by atoms with Crippen molar-refractivity contribution in [3.8, 4) is 0 Å². The fourth-order valence-corrected chi connectivity index (χ4v) is 6.87. The van der Waals surface area contributed by atoms with E-state index in [2.05, 4.69) is 5.32 Å². The molecule has 0 aliphatic heterocycles. The van der Waals surface area contributed by atoms with E-state index in [-0.39, 0.29) is 18.5 Å². The molecule has 44 heavy (non-hydrogen) atoms. The zero-order valence-electron chi connectivity index (χ0n) is 26.6. The number of aryl methyl sites for hydroxylation is 3. The first-order chi connectivity index (χ1) is 21.0. The van der Waals surface area contributed by atoms with E-state index in [1.807, 2.05) is 87.5 Å². The van der Waals surface area contributed by atoms with Crippen molar-refractivity contribution < 1.29 is 18.0 Å². The fourth-order valence-electron chi connectivity index (χ4n) is 5.76. The van der Waals surface area contributed by atoms with Crippen molar-refractivity contribution >= 4 is 27.7 Å². The van der Waals surface area contributed by atoms with Crippen LogP contribution in [-0.2, 0) is 32.8 Å². The van der Waals surface area contributed by atoms with Crippen molar-refractivity contribution in [2.24, 2.45) is 0 Å². The highest BCUT2D eigenvalue weighted by atomic mass is 32.2. The van der Waals surface area contributed by atoms with Crippen LogP contribution in [0.25, 0.3) is 0 Å². The van der Waals surface area contributed by atoms with Gasteiger partial charge in [0.05, 0.1) is 5.69 Å². The van der Waals surface area contributed by atoms with Gasteiger partial charge in [0, 0.05) is 33.1 Å². The summed E-state index contributed by atoms with van der Waals surface area (Å²) in [4.78, 5) is 30.3. The first-order valence-electron chi connectivity index (χ1n) is 15.4. The van der Waals surface area contributed by atoms with E-state index in [1.165, 1.54) is 18.4 Å². The molecule has 3 aromatic rings. The van der Waals surface area contributed by atoms with Gasteiger partial charge in [-0.25, -0.2) is 4.31 Å². The highest BCUT2D eigenvalue weighted by molar-refractivity contribution is 7.90. The SMILES string of the molecule is Cc1ccc(C)c(N(CC(=O)N(Cc2ccccc2C)[C@H](Cc2ccccc2)C(=O)NC2CCCCC2)S(=O)(=O)N(C)C)c1. The zero-order valence-corrected chi connectivity index (χ0v) is 27.4. The van der Waals surface area contributed by atoms with Crippen molar-refractivity contribution in [3.63, 3.8) is 0 Å². The van der Waals surface area contributed by atoms with Crippen LogP contribution in [0.1, 0.15) is 59.9 Å². The minimum absolute atomic E-state index is 0.0606. The lowest BCUT2D eigenvalue weighted by Crippen LogP contribution is -2.55. The fraction of sp³-hybridized carbons (Fsp3) is 0.429. The summed E-state index contributed by atoms with van der Waals surface area (Å²) in [6, 6.07) is 22.2. The van der Waals surface area contributed by atoms with Crippen LogP contribution < -0.4 is 9.62 Å². The standard InChI is InChI=1S/C35H46N4O4S/c1-26-20-21-28(3)32(22-26)39(44(42,43)37(4)5)25-34(40)38(24-30-17-13-12-14-27(30)2)33(23-29-15-8-6-9-16-29)35(41)36-31-18-10-7-11-19-31/h6,8-9,12-17,20-22,31,33H,7,10-11,18-19,23-25H2,1-5H3,(H,36,41)/t33-/m1/s1. The van der Waals surface area contributed by atoms with Gasteiger partial charge in [0.1, 0.15) is 12.6 Å². The summed E-state index contributed by atoms with van der Waals surface area (Å²) in [6.45, 7) is 5.42. The summed E-state index contributed by atoms with van der Waals surface area (Å²) in [5, 5.41) is 3.25. The number of hydrogen-bond acceptors (Lipinski definition) is 4. The summed E-state index contributed by atoms with van der Waals surface area (Å²) >= 11 is 0. The molecule has 4 rings (SSSR count). The Labute approximate surface area is 263 Å². The topological polar surface area (TPSA) is 90.0 Å². The number of carbonyl (C=O) groups is 2. The van der Waals surface area contributed by atoms with Crippen LogP contribution in [0.15, 0.2) is 72.8 Å². The Balaban J connectivity index is 1.78. The van der Waals surface area contributed by atoms with Crippen LogP contribution in [0.5, 0.6) is 0 Å².